The first kappa shape index (κ1) is 20.5. The fourth-order valence-electron chi connectivity index (χ4n) is 4.72. The lowest BCUT2D eigenvalue weighted by atomic mass is 9.85. The maximum Gasteiger partial charge on any atom is 0.410 e. The summed E-state index contributed by atoms with van der Waals surface area (Å²) in [6, 6.07) is -0.192. The summed E-state index contributed by atoms with van der Waals surface area (Å²) in [7, 11) is 0. The molecule has 1 saturated heterocycles. The van der Waals surface area contributed by atoms with Gasteiger partial charge in [0.25, 0.3) is 0 Å². The predicted molar refractivity (Wildman–Crippen MR) is 105 cm³/mol. The van der Waals surface area contributed by atoms with E-state index in [1.165, 1.54) is 0 Å². The molecule has 1 N–H and O–H groups in total. The van der Waals surface area contributed by atoms with E-state index in [1.807, 2.05) is 25.7 Å². The SMILES string of the molecule is C[C@@H]1C[C@@H]1C(=O)N1CCC[C@@H]([C@@H]2C[C@H](C(F)(F)F)n3nc(C(C)(C)C)cc3N2)C1. The number of halogens is 3. The average Bonchev–Trinajstić information content (AvgIpc) is 3.19. The normalized spacial score (nSPS) is 32.5. The molecule has 3 aliphatic rings. The average molecular weight is 413 g/mol. The molecule has 5 nitrogen and oxygen atoms in total. The van der Waals surface area contributed by atoms with E-state index in [0.29, 0.717) is 24.0 Å². The number of likely N-dealkylation sites (tertiary alicyclic amines) is 1. The fraction of sp³-hybridized carbons (Fsp3) is 0.810. The number of fused-ring (bicyclic) bond motifs is 1. The number of aromatic nitrogens is 2. The number of amides is 1. The van der Waals surface area contributed by atoms with Crippen LogP contribution in [0.1, 0.15) is 65.1 Å². The second-order valence-corrected chi connectivity index (χ2v) is 10.2. The minimum absolute atomic E-state index is 0.0216. The Bertz CT molecular complexity index is 782. The molecule has 0 aromatic carbocycles. The Labute approximate surface area is 170 Å². The highest BCUT2D eigenvalue weighted by atomic mass is 19.4. The molecular formula is C21H31F3N4O. The van der Waals surface area contributed by atoms with Gasteiger partial charge in [-0.1, -0.05) is 27.7 Å². The van der Waals surface area contributed by atoms with Crippen LogP contribution in [0.3, 0.4) is 0 Å². The van der Waals surface area contributed by atoms with Gasteiger partial charge in [-0.25, -0.2) is 4.68 Å². The van der Waals surface area contributed by atoms with Crippen LogP contribution in [0.4, 0.5) is 19.0 Å². The second-order valence-electron chi connectivity index (χ2n) is 10.2. The molecule has 162 valence electrons. The van der Waals surface area contributed by atoms with Crippen molar-refractivity contribution in [1.82, 2.24) is 14.7 Å². The maximum absolute atomic E-state index is 13.9. The molecule has 2 aliphatic heterocycles. The minimum Gasteiger partial charge on any atom is -0.367 e. The quantitative estimate of drug-likeness (QED) is 0.785. The Morgan fingerprint density at radius 3 is 2.52 bits per heavy atom. The zero-order valence-electron chi connectivity index (χ0n) is 17.6. The van der Waals surface area contributed by atoms with Gasteiger partial charge in [-0.2, -0.15) is 18.3 Å². The monoisotopic (exact) mass is 412 g/mol. The number of piperidine rings is 1. The number of hydrogen-bond donors (Lipinski definition) is 1. The molecule has 0 unspecified atom stereocenters. The van der Waals surface area contributed by atoms with Crippen LogP contribution in [-0.4, -0.2) is 45.9 Å². The van der Waals surface area contributed by atoms with Gasteiger partial charge in [0, 0.05) is 36.5 Å². The zero-order chi connectivity index (χ0) is 21.1. The van der Waals surface area contributed by atoms with Gasteiger partial charge in [-0.3, -0.25) is 4.79 Å². The molecule has 1 aromatic rings. The molecule has 1 amide bonds. The molecule has 0 bridgehead atoms. The van der Waals surface area contributed by atoms with Crippen LogP contribution >= 0.6 is 0 Å². The van der Waals surface area contributed by atoms with Crippen molar-refractivity contribution < 1.29 is 18.0 Å². The molecule has 0 spiro atoms. The minimum atomic E-state index is -4.36. The molecule has 4 rings (SSSR count). The van der Waals surface area contributed by atoms with Crippen LogP contribution in [-0.2, 0) is 10.2 Å². The maximum atomic E-state index is 13.9. The molecule has 5 atom stereocenters. The van der Waals surface area contributed by atoms with E-state index in [0.717, 1.165) is 30.5 Å². The largest absolute Gasteiger partial charge is 0.410 e. The number of nitrogens with one attached hydrogen (secondary N) is 1. The second kappa shape index (κ2) is 6.91. The molecule has 1 saturated carbocycles. The van der Waals surface area contributed by atoms with E-state index in [-0.39, 0.29) is 35.6 Å². The Morgan fingerprint density at radius 1 is 1.24 bits per heavy atom. The van der Waals surface area contributed by atoms with E-state index in [2.05, 4.69) is 17.3 Å². The van der Waals surface area contributed by atoms with Crippen LogP contribution in [0.25, 0.3) is 0 Å². The van der Waals surface area contributed by atoms with Gasteiger partial charge in [0.05, 0.1) is 5.69 Å². The number of carbonyl (C=O) groups excluding carboxylic acids is 1. The van der Waals surface area contributed by atoms with Gasteiger partial charge in [0.1, 0.15) is 5.82 Å². The van der Waals surface area contributed by atoms with Crippen molar-refractivity contribution in [1.29, 1.82) is 0 Å². The Balaban J connectivity index is 1.55. The highest BCUT2D eigenvalue weighted by Crippen LogP contribution is 2.44. The smallest absolute Gasteiger partial charge is 0.367 e. The Kier molecular flexibility index (Phi) is 4.89. The standard InChI is InChI=1S/C21H31F3N4O/c1-12-8-14(12)19(29)27-7-5-6-13(11-27)15-9-17(21(22,23)24)28-18(25-15)10-16(26-28)20(2,3)4/h10,12-15,17,25H,5-9,11H2,1-4H3/t12-,13-,14+,15+,17-/m1/s1. The molecule has 8 heteroatoms. The summed E-state index contributed by atoms with van der Waals surface area (Å²) in [5, 5.41) is 7.64. The van der Waals surface area contributed by atoms with Crippen LogP contribution < -0.4 is 5.32 Å². The van der Waals surface area contributed by atoms with E-state index >= 15 is 0 Å². The summed E-state index contributed by atoms with van der Waals surface area (Å²) in [5.74, 6) is 1.20. The van der Waals surface area contributed by atoms with Gasteiger partial charge in [-0.15, -0.1) is 0 Å². The third kappa shape index (κ3) is 3.99. The van der Waals surface area contributed by atoms with Gasteiger partial charge in [-0.05, 0) is 37.5 Å². The van der Waals surface area contributed by atoms with Crippen molar-refractivity contribution in [2.24, 2.45) is 17.8 Å². The Morgan fingerprint density at radius 2 is 1.93 bits per heavy atom. The highest BCUT2D eigenvalue weighted by molar-refractivity contribution is 5.81. The molecular weight excluding hydrogens is 381 g/mol. The van der Waals surface area contributed by atoms with Crippen LogP contribution in [0.15, 0.2) is 6.07 Å². The van der Waals surface area contributed by atoms with Crippen LogP contribution in [0.5, 0.6) is 0 Å². The van der Waals surface area contributed by atoms with Crippen molar-refractivity contribution in [2.75, 3.05) is 18.4 Å². The summed E-state index contributed by atoms with van der Waals surface area (Å²) >= 11 is 0. The van der Waals surface area contributed by atoms with E-state index in [1.54, 1.807) is 6.07 Å². The molecule has 1 aliphatic carbocycles. The van der Waals surface area contributed by atoms with Gasteiger partial charge < -0.3 is 10.2 Å². The van der Waals surface area contributed by atoms with Gasteiger partial charge in [0.15, 0.2) is 6.04 Å². The van der Waals surface area contributed by atoms with Gasteiger partial charge in [0.2, 0.25) is 5.91 Å². The number of hydrogen-bond acceptors (Lipinski definition) is 3. The molecule has 3 heterocycles. The predicted octanol–water partition coefficient (Wildman–Crippen LogP) is 4.36. The first-order chi connectivity index (χ1) is 13.4. The van der Waals surface area contributed by atoms with Crippen molar-refractivity contribution in [3.8, 4) is 0 Å². The third-order valence-corrected chi connectivity index (χ3v) is 6.75. The van der Waals surface area contributed by atoms with Crippen molar-refractivity contribution in [2.45, 2.75) is 77.1 Å². The number of rotatable bonds is 2. The van der Waals surface area contributed by atoms with Crippen molar-refractivity contribution in [3.63, 3.8) is 0 Å². The summed E-state index contributed by atoms with van der Waals surface area (Å²) in [4.78, 5) is 14.5. The topological polar surface area (TPSA) is 50.2 Å². The van der Waals surface area contributed by atoms with Crippen LogP contribution in [0, 0.1) is 17.8 Å². The number of nitrogens with zero attached hydrogens (tertiary/aromatic N) is 3. The van der Waals surface area contributed by atoms with E-state index < -0.39 is 12.2 Å². The van der Waals surface area contributed by atoms with E-state index in [4.69, 9.17) is 0 Å². The molecule has 1 aromatic heterocycles. The summed E-state index contributed by atoms with van der Waals surface area (Å²) < 4.78 is 42.7. The molecule has 29 heavy (non-hydrogen) atoms. The lowest BCUT2D eigenvalue weighted by Gasteiger charge is -2.41. The number of anilines is 1. The first-order valence-electron chi connectivity index (χ1n) is 10.7. The highest BCUT2D eigenvalue weighted by Gasteiger charge is 2.49. The number of alkyl halides is 3. The van der Waals surface area contributed by atoms with Crippen molar-refractivity contribution in [3.05, 3.63) is 11.8 Å². The number of carbonyl (C=O) groups is 1. The van der Waals surface area contributed by atoms with Crippen LogP contribution in [0.2, 0.25) is 0 Å². The van der Waals surface area contributed by atoms with E-state index in [9.17, 15) is 18.0 Å². The molecule has 0 radical (unpaired) electrons. The first-order valence-corrected chi connectivity index (χ1v) is 10.7. The van der Waals surface area contributed by atoms with Gasteiger partial charge >= 0.3 is 6.18 Å². The summed E-state index contributed by atoms with van der Waals surface area (Å²) in [6.07, 6.45) is -1.78. The van der Waals surface area contributed by atoms with Crippen molar-refractivity contribution >= 4 is 11.7 Å². The summed E-state index contributed by atoms with van der Waals surface area (Å²) in [5.41, 5.74) is 0.324. The molecule has 2 fully saturated rings. The third-order valence-electron chi connectivity index (χ3n) is 6.75. The summed E-state index contributed by atoms with van der Waals surface area (Å²) in [6.45, 7) is 9.19. The lowest BCUT2D eigenvalue weighted by Crippen LogP contribution is -2.49. The lowest BCUT2D eigenvalue weighted by molar-refractivity contribution is -0.175. The fourth-order valence-corrected chi connectivity index (χ4v) is 4.72. The Hall–Kier alpha value is -1.73. The zero-order valence-corrected chi connectivity index (χ0v) is 17.6.